The lowest BCUT2D eigenvalue weighted by Crippen LogP contribution is -2.15. The predicted octanol–water partition coefficient (Wildman–Crippen LogP) is 3.60. The van der Waals surface area contributed by atoms with E-state index in [0.717, 1.165) is 48.9 Å². The van der Waals surface area contributed by atoms with Crippen molar-refractivity contribution in [1.29, 1.82) is 0 Å². The van der Waals surface area contributed by atoms with Crippen LogP contribution in [0.3, 0.4) is 0 Å². The number of Topliss-reactive ketones (excluding diaryl/α,β-unsaturated/α-hetero) is 1. The Labute approximate surface area is 137 Å². The Kier molecular flexibility index (Phi) is 6.47. The van der Waals surface area contributed by atoms with E-state index in [1.54, 1.807) is 6.92 Å². The summed E-state index contributed by atoms with van der Waals surface area (Å²) in [5, 5.41) is 4.42. The molecular weight excluding hydrogens is 288 g/mol. The molecular formula is C18H26N4O. The minimum Gasteiger partial charge on any atom is -0.369 e. The number of aromatic nitrogens is 2. The Morgan fingerprint density at radius 3 is 2.74 bits per heavy atom. The Bertz CT molecular complexity index is 657. The molecule has 1 aromatic carbocycles. The lowest BCUT2D eigenvalue weighted by molar-refractivity contribution is -0.117. The Hall–Kier alpha value is -2.01. The topological polar surface area (TPSA) is 80.9 Å². The normalized spacial score (nSPS) is 12.3. The largest absolute Gasteiger partial charge is 0.369 e. The number of rotatable bonds is 9. The van der Waals surface area contributed by atoms with Gasteiger partial charge in [0.1, 0.15) is 17.4 Å². The number of hydrogen-bond acceptors (Lipinski definition) is 5. The van der Waals surface area contributed by atoms with Crippen LogP contribution in [0.4, 0.5) is 5.82 Å². The zero-order valence-corrected chi connectivity index (χ0v) is 14.0. The highest BCUT2D eigenvalue weighted by molar-refractivity contribution is 5.89. The average Bonchev–Trinajstić information content (AvgIpc) is 2.56. The van der Waals surface area contributed by atoms with Crippen LogP contribution < -0.4 is 11.1 Å². The zero-order valence-electron chi connectivity index (χ0n) is 14.0. The summed E-state index contributed by atoms with van der Waals surface area (Å²) in [5.41, 5.74) is 7.01. The average molecular weight is 314 g/mol. The van der Waals surface area contributed by atoms with E-state index in [2.05, 4.69) is 15.3 Å². The third kappa shape index (κ3) is 4.99. The Morgan fingerprint density at radius 1 is 1.22 bits per heavy atom. The molecule has 0 saturated heterocycles. The molecule has 1 atom stereocenters. The van der Waals surface area contributed by atoms with E-state index in [-0.39, 0.29) is 11.8 Å². The highest BCUT2D eigenvalue weighted by Crippen LogP contribution is 2.22. The van der Waals surface area contributed by atoms with Gasteiger partial charge in [0.25, 0.3) is 0 Å². The minimum absolute atomic E-state index is 0.143. The number of anilines is 1. The van der Waals surface area contributed by atoms with E-state index >= 15 is 0 Å². The monoisotopic (exact) mass is 314 g/mol. The summed E-state index contributed by atoms with van der Waals surface area (Å²) >= 11 is 0. The molecule has 23 heavy (non-hydrogen) atoms. The molecule has 0 aliphatic carbocycles. The fraction of sp³-hybridized carbons (Fsp3) is 0.500. The van der Waals surface area contributed by atoms with Crippen LogP contribution in [0.25, 0.3) is 10.9 Å². The van der Waals surface area contributed by atoms with Crippen LogP contribution in [-0.4, -0.2) is 22.3 Å². The lowest BCUT2D eigenvalue weighted by atomic mass is 10.1. The van der Waals surface area contributed by atoms with Crippen LogP contribution >= 0.6 is 0 Å². The third-order valence-electron chi connectivity index (χ3n) is 3.89. The molecule has 3 N–H and O–H groups in total. The van der Waals surface area contributed by atoms with Crippen molar-refractivity contribution < 1.29 is 4.79 Å². The number of unbranched alkanes of at least 4 members (excludes halogenated alkanes) is 2. The molecule has 0 unspecified atom stereocenters. The molecule has 5 heteroatoms. The molecule has 124 valence electrons. The van der Waals surface area contributed by atoms with Crippen molar-refractivity contribution in [2.24, 2.45) is 5.73 Å². The summed E-state index contributed by atoms with van der Waals surface area (Å²) in [5.74, 6) is 1.80. The molecule has 2 rings (SSSR count). The summed E-state index contributed by atoms with van der Waals surface area (Å²) in [7, 11) is 0. The second-order valence-corrected chi connectivity index (χ2v) is 5.90. The standard InChI is InChI=1S/C18H26N4O/c1-3-15(19)18-21-16-11-7-6-10-14(16)17(22-18)20-12-8-4-5-9-13(2)23/h6-7,10-11,15H,3-5,8-9,12,19H2,1-2H3,(H,20,21,22)/t15-/m0/s1. The first-order chi connectivity index (χ1) is 11.1. The molecule has 1 heterocycles. The van der Waals surface area contributed by atoms with Crippen molar-refractivity contribution in [3.05, 3.63) is 30.1 Å². The molecule has 0 aliphatic rings. The number of hydrogen-bond donors (Lipinski definition) is 2. The van der Waals surface area contributed by atoms with Gasteiger partial charge in [0.2, 0.25) is 0 Å². The van der Waals surface area contributed by atoms with Crippen molar-refractivity contribution >= 4 is 22.5 Å². The van der Waals surface area contributed by atoms with Gasteiger partial charge in [-0.1, -0.05) is 25.5 Å². The van der Waals surface area contributed by atoms with Crippen LogP contribution in [0.5, 0.6) is 0 Å². The van der Waals surface area contributed by atoms with Crippen molar-refractivity contribution in [2.45, 2.75) is 52.0 Å². The molecule has 0 aliphatic heterocycles. The maximum Gasteiger partial charge on any atom is 0.148 e. The number of para-hydroxylation sites is 1. The fourth-order valence-corrected chi connectivity index (χ4v) is 2.46. The molecule has 5 nitrogen and oxygen atoms in total. The number of benzene rings is 1. The summed E-state index contributed by atoms with van der Waals surface area (Å²) in [6, 6.07) is 7.83. The molecule has 0 bridgehead atoms. The molecule has 0 amide bonds. The van der Waals surface area contributed by atoms with Gasteiger partial charge >= 0.3 is 0 Å². The number of fused-ring (bicyclic) bond motifs is 1. The molecule has 0 radical (unpaired) electrons. The predicted molar refractivity (Wildman–Crippen MR) is 94.4 cm³/mol. The number of ketones is 1. The molecule has 0 saturated carbocycles. The molecule has 0 spiro atoms. The number of nitrogens with two attached hydrogens (primary N) is 1. The van der Waals surface area contributed by atoms with Gasteiger partial charge < -0.3 is 15.8 Å². The first-order valence-electron chi connectivity index (χ1n) is 8.37. The zero-order chi connectivity index (χ0) is 16.7. The van der Waals surface area contributed by atoms with Crippen molar-refractivity contribution in [2.75, 3.05) is 11.9 Å². The first-order valence-corrected chi connectivity index (χ1v) is 8.37. The summed E-state index contributed by atoms with van der Waals surface area (Å²) < 4.78 is 0. The van der Waals surface area contributed by atoms with Gasteiger partial charge in [-0.3, -0.25) is 0 Å². The van der Waals surface area contributed by atoms with Gasteiger partial charge in [-0.05, 0) is 38.3 Å². The van der Waals surface area contributed by atoms with Crippen molar-refractivity contribution in [3.63, 3.8) is 0 Å². The quantitative estimate of drug-likeness (QED) is 0.691. The van der Waals surface area contributed by atoms with Gasteiger partial charge in [-0.25, -0.2) is 9.97 Å². The molecule has 2 aromatic rings. The maximum atomic E-state index is 10.9. The van der Waals surface area contributed by atoms with E-state index in [9.17, 15) is 4.79 Å². The van der Waals surface area contributed by atoms with Crippen molar-refractivity contribution in [1.82, 2.24) is 9.97 Å². The van der Waals surface area contributed by atoms with Gasteiger partial charge in [-0.15, -0.1) is 0 Å². The second kappa shape index (κ2) is 8.58. The van der Waals surface area contributed by atoms with Crippen LogP contribution in [0.2, 0.25) is 0 Å². The van der Waals surface area contributed by atoms with Gasteiger partial charge in [-0.2, -0.15) is 0 Å². The first kappa shape index (κ1) is 17.3. The Morgan fingerprint density at radius 2 is 2.00 bits per heavy atom. The molecule has 0 fully saturated rings. The van der Waals surface area contributed by atoms with Gasteiger partial charge in [0.15, 0.2) is 0 Å². The maximum absolute atomic E-state index is 10.9. The minimum atomic E-state index is -0.143. The van der Waals surface area contributed by atoms with E-state index in [4.69, 9.17) is 5.73 Å². The SMILES string of the molecule is CC[C@H](N)c1nc(NCCCCCC(C)=O)c2ccccc2n1. The van der Waals surface area contributed by atoms with Crippen LogP contribution in [0.15, 0.2) is 24.3 Å². The second-order valence-electron chi connectivity index (χ2n) is 5.90. The molecule has 1 aromatic heterocycles. The summed E-state index contributed by atoms with van der Waals surface area (Å²) in [6.45, 7) is 4.51. The number of carbonyl (C=O) groups is 1. The summed E-state index contributed by atoms with van der Waals surface area (Å²) in [4.78, 5) is 20.1. The lowest BCUT2D eigenvalue weighted by Gasteiger charge is -2.13. The van der Waals surface area contributed by atoms with E-state index < -0.39 is 0 Å². The highest BCUT2D eigenvalue weighted by Gasteiger charge is 2.11. The number of nitrogens with one attached hydrogen (secondary N) is 1. The highest BCUT2D eigenvalue weighted by atomic mass is 16.1. The van der Waals surface area contributed by atoms with Crippen LogP contribution in [0, 0.1) is 0 Å². The van der Waals surface area contributed by atoms with Gasteiger partial charge in [0.05, 0.1) is 11.6 Å². The van der Waals surface area contributed by atoms with Crippen LogP contribution in [-0.2, 0) is 4.79 Å². The third-order valence-corrected chi connectivity index (χ3v) is 3.89. The summed E-state index contributed by atoms with van der Waals surface area (Å²) in [6.07, 6.45) is 4.49. The van der Waals surface area contributed by atoms with E-state index in [0.29, 0.717) is 12.2 Å². The van der Waals surface area contributed by atoms with Crippen molar-refractivity contribution in [3.8, 4) is 0 Å². The smallest absolute Gasteiger partial charge is 0.148 e. The van der Waals surface area contributed by atoms with Gasteiger partial charge in [0, 0.05) is 18.4 Å². The number of nitrogens with zero attached hydrogens (tertiary/aromatic N) is 2. The van der Waals surface area contributed by atoms with E-state index in [1.807, 2.05) is 31.2 Å². The van der Waals surface area contributed by atoms with Crippen LogP contribution in [0.1, 0.15) is 57.8 Å². The Balaban J connectivity index is 2.04. The fourth-order valence-electron chi connectivity index (χ4n) is 2.46. The van der Waals surface area contributed by atoms with E-state index in [1.165, 1.54) is 0 Å². The number of carbonyl (C=O) groups excluding carboxylic acids is 1.